The van der Waals surface area contributed by atoms with Crippen LogP contribution >= 0.6 is 0 Å². The minimum absolute atomic E-state index is 0.903. The third kappa shape index (κ3) is 6.98. The van der Waals surface area contributed by atoms with Crippen molar-refractivity contribution in [1.29, 1.82) is 0 Å². The van der Waals surface area contributed by atoms with Gasteiger partial charge < -0.3 is 0 Å². The van der Waals surface area contributed by atoms with E-state index in [2.05, 4.69) is 13.8 Å². The standard InChI is InChI=1S/C15H30/c1-14(2)12-13-15-10-8-6-4-3-5-7-9-11-15/h14-15H,3-13H2,1-2H3. The van der Waals surface area contributed by atoms with Crippen molar-refractivity contribution in [1.82, 2.24) is 0 Å². The molecule has 1 aliphatic carbocycles. The maximum atomic E-state index is 2.36. The monoisotopic (exact) mass is 210 g/mol. The van der Waals surface area contributed by atoms with Crippen LogP contribution in [0.3, 0.4) is 0 Å². The van der Waals surface area contributed by atoms with E-state index in [0.717, 1.165) is 11.8 Å². The van der Waals surface area contributed by atoms with Gasteiger partial charge in [-0.3, -0.25) is 0 Å². The van der Waals surface area contributed by atoms with Crippen molar-refractivity contribution in [3.05, 3.63) is 0 Å². The predicted molar refractivity (Wildman–Crippen MR) is 69.1 cm³/mol. The Balaban J connectivity index is 2.19. The predicted octanol–water partition coefficient (Wildman–Crippen LogP) is 5.56. The van der Waals surface area contributed by atoms with Crippen LogP contribution in [-0.4, -0.2) is 0 Å². The van der Waals surface area contributed by atoms with Crippen molar-refractivity contribution in [2.75, 3.05) is 0 Å². The summed E-state index contributed by atoms with van der Waals surface area (Å²) in [5.41, 5.74) is 0. The van der Waals surface area contributed by atoms with E-state index in [0.29, 0.717) is 0 Å². The van der Waals surface area contributed by atoms with Crippen LogP contribution < -0.4 is 0 Å². The molecule has 0 bridgehead atoms. The first-order valence-electron chi connectivity index (χ1n) is 7.29. The van der Waals surface area contributed by atoms with Crippen molar-refractivity contribution in [3.8, 4) is 0 Å². The highest BCUT2D eigenvalue weighted by molar-refractivity contribution is 4.63. The summed E-state index contributed by atoms with van der Waals surface area (Å²) in [6.45, 7) is 4.72. The summed E-state index contributed by atoms with van der Waals surface area (Å²) in [6.07, 6.45) is 16.5. The SMILES string of the molecule is CC(C)CCC1CCCCCCCCC1. The summed E-state index contributed by atoms with van der Waals surface area (Å²) in [5.74, 6) is 1.96. The molecular formula is C15H30. The Morgan fingerprint density at radius 3 is 1.73 bits per heavy atom. The molecule has 0 radical (unpaired) electrons. The van der Waals surface area contributed by atoms with E-state index in [1.165, 1.54) is 70.6 Å². The normalized spacial score (nSPS) is 21.8. The molecule has 90 valence electrons. The zero-order valence-electron chi connectivity index (χ0n) is 10.9. The summed E-state index contributed by atoms with van der Waals surface area (Å²) in [6, 6.07) is 0. The van der Waals surface area contributed by atoms with E-state index in [9.17, 15) is 0 Å². The molecule has 1 fully saturated rings. The van der Waals surface area contributed by atoms with E-state index >= 15 is 0 Å². The first-order valence-corrected chi connectivity index (χ1v) is 7.29. The van der Waals surface area contributed by atoms with Crippen LogP contribution in [0.4, 0.5) is 0 Å². The summed E-state index contributed by atoms with van der Waals surface area (Å²) in [5, 5.41) is 0. The second-order valence-corrected chi connectivity index (χ2v) is 5.89. The van der Waals surface area contributed by atoms with Gasteiger partial charge in [-0.25, -0.2) is 0 Å². The Bertz CT molecular complexity index is 127. The van der Waals surface area contributed by atoms with Crippen molar-refractivity contribution >= 4 is 0 Å². The van der Waals surface area contributed by atoms with Gasteiger partial charge in [-0.2, -0.15) is 0 Å². The topological polar surface area (TPSA) is 0 Å². The second-order valence-electron chi connectivity index (χ2n) is 5.89. The lowest BCUT2D eigenvalue weighted by atomic mass is 9.87. The minimum atomic E-state index is 0.903. The van der Waals surface area contributed by atoms with E-state index in [-0.39, 0.29) is 0 Å². The fourth-order valence-corrected chi connectivity index (χ4v) is 2.75. The highest BCUT2D eigenvalue weighted by atomic mass is 14.2. The molecule has 0 aromatic rings. The van der Waals surface area contributed by atoms with Crippen molar-refractivity contribution in [3.63, 3.8) is 0 Å². The summed E-state index contributed by atoms with van der Waals surface area (Å²) in [4.78, 5) is 0. The van der Waals surface area contributed by atoms with Crippen LogP contribution in [0.25, 0.3) is 0 Å². The lowest BCUT2D eigenvalue weighted by Gasteiger charge is -2.19. The first kappa shape index (κ1) is 13.1. The number of rotatable bonds is 3. The molecule has 0 atom stereocenters. The molecule has 0 heterocycles. The van der Waals surface area contributed by atoms with Gasteiger partial charge >= 0.3 is 0 Å². The Kier molecular flexibility index (Phi) is 7.13. The fraction of sp³-hybridized carbons (Fsp3) is 1.00. The highest BCUT2D eigenvalue weighted by Crippen LogP contribution is 2.26. The van der Waals surface area contributed by atoms with Gasteiger partial charge in [0.25, 0.3) is 0 Å². The third-order valence-electron chi connectivity index (χ3n) is 3.88. The van der Waals surface area contributed by atoms with E-state index in [1.807, 2.05) is 0 Å². The van der Waals surface area contributed by atoms with Crippen LogP contribution in [0.15, 0.2) is 0 Å². The van der Waals surface area contributed by atoms with Gasteiger partial charge in [0, 0.05) is 0 Å². The van der Waals surface area contributed by atoms with Crippen LogP contribution in [0.2, 0.25) is 0 Å². The maximum absolute atomic E-state index is 2.36. The first-order chi connectivity index (χ1) is 7.29. The summed E-state index contributed by atoms with van der Waals surface area (Å²) >= 11 is 0. The zero-order chi connectivity index (χ0) is 10.9. The molecule has 0 N–H and O–H groups in total. The molecule has 1 aliphatic rings. The Labute approximate surface area is 96.8 Å². The summed E-state index contributed by atoms with van der Waals surface area (Å²) < 4.78 is 0. The van der Waals surface area contributed by atoms with Crippen LogP contribution in [0, 0.1) is 11.8 Å². The Morgan fingerprint density at radius 1 is 0.800 bits per heavy atom. The molecular weight excluding hydrogens is 180 g/mol. The molecule has 0 aromatic carbocycles. The van der Waals surface area contributed by atoms with Crippen molar-refractivity contribution < 1.29 is 0 Å². The van der Waals surface area contributed by atoms with Crippen LogP contribution in [0.1, 0.15) is 84.5 Å². The quantitative estimate of drug-likeness (QED) is 0.572. The van der Waals surface area contributed by atoms with Gasteiger partial charge in [0.05, 0.1) is 0 Å². The highest BCUT2D eigenvalue weighted by Gasteiger charge is 2.10. The average Bonchev–Trinajstić information content (AvgIpc) is 2.23. The van der Waals surface area contributed by atoms with Gasteiger partial charge in [-0.1, -0.05) is 84.5 Å². The van der Waals surface area contributed by atoms with Gasteiger partial charge in [-0.05, 0) is 11.8 Å². The molecule has 1 rings (SSSR count). The molecule has 0 spiro atoms. The smallest absolute Gasteiger partial charge is 0.0414 e. The largest absolute Gasteiger partial charge is 0.0628 e. The van der Waals surface area contributed by atoms with Crippen molar-refractivity contribution in [2.45, 2.75) is 84.5 Å². The summed E-state index contributed by atoms with van der Waals surface area (Å²) in [7, 11) is 0. The van der Waals surface area contributed by atoms with E-state index in [4.69, 9.17) is 0 Å². The van der Waals surface area contributed by atoms with E-state index in [1.54, 1.807) is 0 Å². The molecule has 0 amide bonds. The van der Waals surface area contributed by atoms with Gasteiger partial charge in [-0.15, -0.1) is 0 Å². The molecule has 0 aromatic heterocycles. The second kappa shape index (κ2) is 8.19. The van der Waals surface area contributed by atoms with Gasteiger partial charge in [0.15, 0.2) is 0 Å². The molecule has 0 unspecified atom stereocenters. The van der Waals surface area contributed by atoms with Gasteiger partial charge in [0.1, 0.15) is 0 Å². The number of hydrogen-bond donors (Lipinski definition) is 0. The molecule has 0 aliphatic heterocycles. The van der Waals surface area contributed by atoms with Gasteiger partial charge in [0.2, 0.25) is 0 Å². The average molecular weight is 210 g/mol. The fourth-order valence-electron chi connectivity index (χ4n) is 2.75. The number of hydrogen-bond acceptors (Lipinski definition) is 0. The molecule has 0 saturated heterocycles. The molecule has 15 heavy (non-hydrogen) atoms. The minimum Gasteiger partial charge on any atom is -0.0628 e. The van der Waals surface area contributed by atoms with Crippen LogP contribution in [-0.2, 0) is 0 Å². The zero-order valence-corrected chi connectivity index (χ0v) is 10.9. The van der Waals surface area contributed by atoms with E-state index < -0.39 is 0 Å². The lowest BCUT2D eigenvalue weighted by Crippen LogP contribution is -2.04. The molecule has 0 nitrogen and oxygen atoms in total. The molecule has 0 heteroatoms. The Morgan fingerprint density at radius 2 is 1.27 bits per heavy atom. The Hall–Kier alpha value is 0. The van der Waals surface area contributed by atoms with Crippen LogP contribution in [0.5, 0.6) is 0 Å². The maximum Gasteiger partial charge on any atom is -0.0414 e. The lowest BCUT2D eigenvalue weighted by molar-refractivity contribution is 0.343. The van der Waals surface area contributed by atoms with Crippen molar-refractivity contribution in [2.24, 2.45) is 11.8 Å². The molecule has 1 saturated carbocycles. The third-order valence-corrected chi connectivity index (χ3v) is 3.88.